The van der Waals surface area contributed by atoms with E-state index in [1.807, 2.05) is 13.8 Å². The molecule has 0 aliphatic carbocycles. The van der Waals surface area contributed by atoms with Gasteiger partial charge in [0.15, 0.2) is 0 Å². The van der Waals surface area contributed by atoms with Crippen molar-refractivity contribution in [2.45, 2.75) is 32.5 Å². The summed E-state index contributed by atoms with van der Waals surface area (Å²) in [6.45, 7) is 3.55. The first kappa shape index (κ1) is 22.9. The van der Waals surface area contributed by atoms with Gasteiger partial charge in [-0.25, -0.2) is 4.79 Å². The molecular formula is C16H22F3N7O2. The zero-order chi connectivity index (χ0) is 21.3. The van der Waals surface area contributed by atoms with Crippen LogP contribution in [0.1, 0.15) is 25.8 Å². The molecule has 0 fully saturated rings. The molecule has 12 heteroatoms. The first-order chi connectivity index (χ1) is 13.0. The molecule has 1 aromatic rings. The molecule has 154 valence electrons. The normalized spacial score (nSPS) is 13.0. The third kappa shape index (κ3) is 8.01. The highest BCUT2D eigenvalue weighted by molar-refractivity contribution is 5.95. The van der Waals surface area contributed by atoms with E-state index in [4.69, 9.17) is 11.3 Å². The van der Waals surface area contributed by atoms with Crippen molar-refractivity contribution < 1.29 is 22.8 Å². The highest BCUT2D eigenvalue weighted by atomic mass is 19.4. The maximum atomic E-state index is 12.6. The van der Waals surface area contributed by atoms with Crippen LogP contribution < -0.4 is 21.7 Å². The largest absolute Gasteiger partial charge is 0.416 e. The molecule has 0 bridgehead atoms. The molecule has 1 atom stereocenters. The zero-order valence-corrected chi connectivity index (χ0v) is 15.3. The first-order valence-corrected chi connectivity index (χ1v) is 8.24. The quantitative estimate of drug-likeness (QED) is 0.198. The number of amides is 3. The molecule has 0 aromatic heterocycles. The Morgan fingerprint density at radius 2 is 1.82 bits per heavy atom. The Morgan fingerprint density at radius 3 is 2.32 bits per heavy atom. The minimum Gasteiger partial charge on any atom is -0.384 e. The number of carbonyl (C=O) groups excluding carboxylic acids is 2. The number of halogens is 3. The number of hydrogen-bond donors (Lipinski definition) is 5. The van der Waals surface area contributed by atoms with Gasteiger partial charge in [-0.2, -0.15) is 18.7 Å². The molecule has 0 radical (unpaired) electrons. The number of alkyl halides is 3. The van der Waals surface area contributed by atoms with Gasteiger partial charge in [-0.05, 0) is 36.6 Å². The number of hydrogen-bond acceptors (Lipinski definition) is 4. The van der Waals surface area contributed by atoms with Gasteiger partial charge in [-0.3, -0.25) is 4.79 Å². The molecule has 0 saturated carbocycles. The van der Waals surface area contributed by atoms with Crippen LogP contribution in [0.25, 0.3) is 0 Å². The Labute approximate surface area is 159 Å². The third-order valence-corrected chi connectivity index (χ3v) is 3.42. The maximum Gasteiger partial charge on any atom is 0.416 e. The lowest BCUT2D eigenvalue weighted by Crippen LogP contribution is -2.50. The van der Waals surface area contributed by atoms with Crippen molar-refractivity contribution in [2.75, 3.05) is 11.9 Å². The van der Waals surface area contributed by atoms with Crippen molar-refractivity contribution in [3.8, 4) is 0 Å². The fourth-order valence-electron chi connectivity index (χ4n) is 2.17. The third-order valence-electron chi connectivity index (χ3n) is 3.42. The molecule has 0 spiro atoms. The summed E-state index contributed by atoms with van der Waals surface area (Å²) >= 11 is 0. The topological polar surface area (TPSA) is 145 Å². The van der Waals surface area contributed by atoms with Crippen molar-refractivity contribution in [3.63, 3.8) is 0 Å². The predicted molar refractivity (Wildman–Crippen MR) is 96.6 cm³/mol. The van der Waals surface area contributed by atoms with Gasteiger partial charge in [0.2, 0.25) is 5.91 Å². The van der Waals surface area contributed by atoms with E-state index in [9.17, 15) is 22.8 Å². The number of carbonyl (C=O) groups is 2. The number of nitrogens with zero attached hydrogens (tertiary/aromatic N) is 2. The van der Waals surface area contributed by atoms with E-state index in [-0.39, 0.29) is 24.0 Å². The maximum absolute atomic E-state index is 12.6. The molecule has 9 nitrogen and oxygen atoms in total. The van der Waals surface area contributed by atoms with Gasteiger partial charge in [-0.1, -0.05) is 19.1 Å². The Hall–Kier alpha value is -3.18. The second-order valence-electron chi connectivity index (χ2n) is 6.26. The minimum atomic E-state index is -4.47. The summed E-state index contributed by atoms with van der Waals surface area (Å²) in [7, 11) is 0. The van der Waals surface area contributed by atoms with Crippen LogP contribution in [0, 0.1) is 11.4 Å². The molecule has 6 N–H and O–H groups in total. The van der Waals surface area contributed by atoms with Gasteiger partial charge in [0.25, 0.3) is 0 Å². The van der Waals surface area contributed by atoms with Crippen LogP contribution in [0.3, 0.4) is 0 Å². The van der Waals surface area contributed by atoms with Gasteiger partial charge < -0.3 is 21.7 Å². The Morgan fingerprint density at radius 1 is 1.21 bits per heavy atom. The summed E-state index contributed by atoms with van der Waals surface area (Å²) < 4.78 is 37.7. The fourth-order valence-corrected chi connectivity index (χ4v) is 2.17. The molecule has 0 aliphatic heterocycles. The van der Waals surface area contributed by atoms with E-state index in [0.29, 0.717) is 6.42 Å². The summed E-state index contributed by atoms with van der Waals surface area (Å²) in [5.74, 6) is -0.545. The van der Waals surface area contributed by atoms with E-state index in [0.717, 1.165) is 24.3 Å². The summed E-state index contributed by atoms with van der Waals surface area (Å²) in [6.07, 6.45) is -4.16. The zero-order valence-electron chi connectivity index (χ0n) is 15.3. The van der Waals surface area contributed by atoms with E-state index >= 15 is 0 Å². The number of amidine groups is 1. The van der Waals surface area contributed by atoms with Gasteiger partial charge in [0.1, 0.15) is 11.9 Å². The first-order valence-electron chi connectivity index (χ1n) is 8.24. The molecule has 0 unspecified atom stereocenters. The number of nitrogens with one attached hydrogen (secondary N) is 4. The number of nitrogens with two attached hydrogens (primary N) is 1. The van der Waals surface area contributed by atoms with E-state index in [1.165, 1.54) is 0 Å². The number of anilines is 1. The molecular weight excluding hydrogens is 379 g/mol. The van der Waals surface area contributed by atoms with E-state index < -0.39 is 29.7 Å². The molecule has 1 aromatic carbocycles. The molecule has 28 heavy (non-hydrogen) atoms. The van der Waals surface area contributed by atoms with Crippen LogP contribution >= 0.6 is 0 Å². The minimum absolute atomic E-state index is 0.0661. The van der Waals surface area contributed by atoms with Crippen LogP contribution in [0.15, 0.2) is 34.6 Å². The van der Waals surface area contributed by atoms with Gasteiger partial charge in [0.05, 0.1) is 12.1 Å². The predicted octanol–water partition coefficient (Wildman–Crippen LogP) is 2.66. The smallest absolute Gasteiger partial charge is 0.384 e. The van der Waals surface area contributed by atoms with Crippen LogP contribution in [-0.4, -0.2) is 30.4 Å². The van der Waals surface area contributed by atoms with Crippen LogP contribution in [0.2, 0.25) is 0 Å². The lowest BCUT2D eigenvalue weighted by Gasteiger charge is -2.20. The molecule has 0 heterocycles. The lowest BCUT2D eigenvalue weighted by atomic mass is 10.0. The van der Waals surface area contributed by atoms with Crippen LogP contribution in [0.5, 0.6) is 0 Å². The standard InChI is InChI=1S/C16H22F3N7O2/c1-9(2)7-12(14(27)22-8-13(20)25-26-21)24-15(28)23-11-5-3-10(4-6-11)16(17,18)19/h3-6,9,12H,7-8H2,1-2H3,(H,22,27)(H3,20,21,25)(H2,23,24,28)/t12-/m0/s1. The molecule has 0 saturated heterocycles. The second kappa shape index (κ2) is 10.2. The van der Waals surface area contributed by atoms with Crippen LogP contribution in [0.4, 0.5) is 23.7 Å². The van der Waals surface area contributed by atoms with Crippen LogP contribution in [-0.2, 0) is 11.0 Å². The lowest BCUT2D eigenvalue weighted by molar-refractivity contribution is -0.137. The summed E-state index contributed by atoms with van der Waals surface area (Å²) in [5, 5.41) is 13.3. The molecule has 0 aliphatic rings. The molecule has 3 amide bonds. The van der Waals surface area contributed by atoms with Crippen molar-refractivity contribution in [3.05, 3.63) is 29.8 Å². The second-order valence-corrected chi connectivity index (χ2v) is 6.26. The van der Waals surface area contributed by atoms with Crippen molar-refractivity contribution in [1.82, 2.24) is 10.6 Å². The Bertz CT molecular complexity index is 718. The number of benzene rings is 1. The van der Waals surface area contributed by atoms with E-state index in [2.05, 4.69) is 26.3 Å². The molecule has 1 rings (SSSR count). The number of rotatable bonds is 8. The van der Waals surface area contributed by atoms with Gasteiger partial charge >= 0.3 is 12.2 Å². The highest BCUT2D eigenvalue weighted by Crippen LogP contribution is 2.29. The Kier molecular flexibility index (Phi) is 8.35. The number of urea groups is 1. The summed E-state index contributed by atoms with van der Waals surface area (Å²) in [4.78, 5) is 24.4. The van der Waals surface area contributed by atoms with Crippen molar-refractivity contribution in [1.29, 1.82) is 5.53 Å². The van der Waals surface area contributed by atoms with Gasteiger partial charge in [-0.15, -0.1) is 5.10 Å². The summed E-state index contributed by atoms with van der Waals surface area (Å²) in [6, 6.07) is 2.25. The SMILES string of the molecule is CC(C)C[C@H](NC(=O)Nc1ccc(C(F)(F)F)cc1)C(=O)NC/C(N)=N/N=N. The van der Waals surface area contributed by atoms with E-state index in [1.54, 1.807) is 0 Å². The Balaban J connectivity index is 2.72. The summed E-state index contributed by atoms with van der Waals surface area (Å²) in [5.41, 5.74) is 11.3. The van der Waals surface area contributed by atoms with Crippen molar-refractivity contribution in [2.24, 2.45) is 22.0 Å². The average molecular weight is 401 g/mol. The monoisotopic (exact) mass is 401 g/mol. The van der Waals surface area contributed by atoms with Crippen molar-refractivity contribution >= 4 is 23.5 Å². The average Bonchev–Trinajstić information content (AvgIpc) is 2.58. The van der Waals surface area contributed by atoms with Gasteiger partial charge in [0, 0.05) is 5.69 Å². The fraction of sp³-hybridized carbons (Fsp3) is 0.438. The highest BCUT2D eigenvalue weighted by Gasteiger charge is 2.30.